The summed E-state index contributed by atoms with van der Waals surface area (Å²) in [6.07, 6.45) is 4.84. The zero-order valence-electron chi connectivity index (χ0n) is 23.7. The van der Waals surface area contributed by atoms with Gasteiger partial charge in [-0.25, -0.2) is 13.4 Å². The van der Waals surface area contributed by atoms with E-state index in [1.165, 1.54) is 25.0 Å². The normalized spacial score (nSPS) is 18.9. The SMILES string of the molecule is CN=CC(Nc1nc(Nc2cc(C)c(C3CCNC(C)C3)cc2OC(C)C)ncc1Cl)=C(N)S(=O)(=O)C(C)C. The van der Waals surface area contributed by atoms with E-state index in [0.717, 1.165) is 24.9 Å². The second kappa shape index (κ2) is 13.0. The van der Waals surface area contributed by atoms with E-state index in [2.05, 4.69) is 50.8 Å². The number of aryl methyl sites for hydroxylation is 1. The lowest BCUT2D eigenvalue weighted by Crippen LogP contribution is -2.35. The molecule has 1 aromatic heterocycles. The largest absolute Gasteiger partial charge is 0.489 e. The minimum atomic E-state index is -3.75. The van der Waals surface area contributed by atoms with Crippen molar-refractivity contribution in [1.82, 2.24) is 15.3 Å². The number of nitrogens with two attached hydrogens (primary N) is 1. The maximum atomic E-state index is 12.7. The van der Waals surface area contributed by atoms with Crippen LogP contribution in [0.4, 0.5) is 17.5 Å². The molecule has 39 heavy (non-hydrogen) atoms. The fourth-order valence-electron chi connectivity index (χ4n) is 4.46. The van der Waals surface area contributed by atoms with Crippen molar-refractivity contribution in [3.63, 3.8) is 0 Å². The highest BCUT2D eigenvalue weighted by Gasteiger charge is 2.25. The first kappa shape index (κ1) is 30.6. The van der Waals surface area contributed by atoms with Crippen LogP contribution in [0.5, 0.6) is 5.75 Å². The van der Waals surface area contributed by atoms with Gasteiger partial charge in [-0.2, -0.15) is 4.98 Å². The molecule has 10 nitrogen and oxygen atoms in total. The monoisotopic (exact) mass is 577 g/mol. The van der Waals surface area contributed by atoms with E-state index in [4.69, 9.17) is 22.1 Å². The Bertz CT molecular complexity index is 1340. The van der Waals surface area contributed by atoms with Crippen molar-refractivity contribution in [3.05, 3.63) is 45.2 Å². The molecule has 1 fully saturated rings. The second-order valence-corrected chi connectivity index (χ2v) is 13.2. The number of nitrogens with zero attached hydrogens (tertiary/aromatic N) is 3. The van der Waals surface area contributed by atoms with E-state index in [9.17, 15) is 8.42 Å². The van der Waals surface area contributed by atoms with Crippen LogP contribution in [0.1, 0.15) is 64.5 Å². The highest BCUT2D eigenvalue weighted by atomic mass is 35.5. The van der Waals surface area contributed by atoms with Gasteiger partial charge in [0.15, 0.2) is 20.7 Å². The standard InChI is InChI=1S/C27H40ClN7O3S/c1-15(2)38-24-12-20(19-8-9-31-18(6)11-19)17(5)10-22(24)34-27-32-13-21(28)26(35-27)33-23(14-30-7)25(29)39(36,37)16(3)4/h10,12-16,18-19,31H,8-9,11,29H2,1-7H3,(H2,32,33,34,35). The van der Waals surface area contributed by atoms with Gasteiger partial charge in [-0.15, -0.1) is 0 Å². The third kappa shape index (κ3) is 7.61. The Balaban J connectivity index is 1.98. The number of aromatic nitrogens is 2. The molecule has 1 aliphatic heterocycles. The molecule has 2 aromatic rings. The van der Waals surface area contributed by atoms with Gasteiger partial charge in [0.05, 0.1) is 28.9 Å². The number of nitrogens with one attached hydrogen (secondary N) is 3. The highest BCUT2D eigenvalue weighted by Crippen LogP contribution is 2.38. The minimum absolute atomic E-state index is 0.0386. The van der Waals surface area contributed by atoms with Crippen molar-refractivity contribution in [2.45, 2.75) is 77.7 Å². The number of rotatable bonds is 10. The Morgan fingerprint density at radius 3 is 2.64 bits per heavy atom. The summed E-state index contributed by atoms with van der Waals surface area (Å²) >= 11 is 6.37. The molecule has 1 aromatic carbocycles. The molecule has 0 bridgehead atoms. The first-order chi connectivity index (χ1) is 18.3. The minimum Gasteiger partial charge on any atom is -0.489 e. The van der Waals surface area contributed by atoms with Gasteiger partial charge in [0.2, 0.25) is 5.95 Å². The fraction of sp³-hybridized carbons (Fsp3) is 0.519. The molecule has 2 unspecified atom stereocenters. The smallest absolute Gasteiger partial charge is 0.229 e. The lowest BCUT2D eigenvalue weighted by molar-refractivity contribution is 0.243. The Hall–Kier alpha value is -2.89. The Morgan fingerprint density at radius 1 is 1.31 bits per heavy atom. The summed E-state index contributed by atoms with van der Waals surface area (Å²) in [5.41, 5.74) is 9.23. The van der Waals surface area contributed by atoms with Gasteiger partial charge in [-0.1, -0.05) is 11.6 Å². The Labute approximate surface area is 236 Å². The molecule has 3 rings (SSSR count). The third-order valence-corrected chi connectivity index (χ3v) is 8.84. The van der Waals surface area contributed by atoms with E-state index in [1.807, 2.05) is 19.9 Å². The van der Waals surface area contributed by atoms with Crippen LogP contribution in [0.3, 0.4) is 0 Å². The predicted molar refractivity (Wildman–Crippen MR) is 160 cm³/mol. The van der Waals surface area contributed by atoms with Gasteiger partial charge in [0.25, 0.3) is 0 Å². The van der Waals surface area contributed by atoms with Crippen LogP contribution < -0.4 is 26.4 Å². The van der Waals surface area contributed by atoms with Crippen molar-refractivity contribution in [1.29, 1.82) is 0 Å². The average Bonchev–Trinajstić information content (AvgIpc) is 2.86. The van der Waals surface area contributed by atoms with Crippen LogP contribution in [0.2, 0.25) is 5.02 Å². The summed E-state index contributed by atoms with van der Waals surface area (Å²) in [7, 11) is -2.24. The molecule has 0 saturated carbocycles. The van der Waals surface area contributed by atoms with Crippen LogP contribution >= 0.6 is 11.6 Å². The number of hydrogen-bond acceptors (Lipinski definition) is 10. The molecule has 2 atom stereocenters. The van der Waals surface area contributed by atoms with Crippen LogP contribution in [0.25, 0.3) is 0 Å². The van der Waals surface area contributed by atoms with Gasteiger partial charge >= 0.3 is 0 Å². The topological polar surface area (TPSA) is 144 Å². The van der Waals surface area contributed by atoms with Gasteiger partial charge in [-0.3, -0.25) is 4.99 Å². The van der Waals surface area contributed by atoms with Crippen molar-refractivity contribution in [3.8, 4) is 5.75 Å². The number of sulfone groups is 1. The van der Waals surface area contributed by atoms with Crippen molar-refractivity contribution < 1.29 is 13.2 Å². The zero-order valence-corrected chi connectivity index (χ0v) is 25.2. The number of anilines is 3. The summed E-state index contributed by atoms with van der Waals surface area (Å²) in [4.78, 5) is 12.8. The quantitative estimate of drug-likeness (QED) is 0.290. The molecule has 1 saturated heterocycles. The summed E-state index contributed by atoms with van der Waals surface area (Å²) < 4.78 is 31.5. The van der Waals surface area contributed by atoms with Crippen molar-refractivity contribution in [2.24, 2.45) is 10.7 Å². The number of ether oxygens (including phenoxy) is 1. The van der Waals surface area contributed by atoms with Gasteiger partial charge in [0.1, 0.15) is 10.8 Å². The summed E-state index contributed by atoms with van der Waals surface area (Å²) in [6.45, 7) is 12.4. The van der Waals surface area contributed by atoms with Crippen LogP contribution in [0.15, 0.2) is 34.0 Å². The van der Waals surface area contributed by atoms with Gasteiger partial charge < -0.3 is 26.4 Å². The molecule has 1 aliphatic rings. The number of aliphatic imine (C=N–C) groups is 1. The van der Waals surface area contributed by atoms with E-state index in [0.29, 0.717) is 23.4 Å². The summed E-state index contributed by atoms with van der Waals surface area (Å²) in [5, 5.41) is 8.80. The van der Waals surface area contributed by atoms with Crippen molar-refractivity contribution in [2.75, 3.05) is 24.2 Å². The second-order valence-electron chi connectivity index (χ2n) is 10.3. The average molecular weight is 578 g/mol. The molecule has 2 heterocycles. The van der Waals surface area contributed by atoms with Crippen LogP contribution in [0, 0.1) is 6.92 Å². The Kier molecular flexibility index (Phi) is 10.2. The molecule has 12 heteroatoms. The highest BCUT2D eigenvalue weighted by molar-refractivity contribution is 7.95. The zero-order chi connectivity index (χ0) is 28.9. The van der Waals surface area contributed by atoms with E-state index >= 15 is 0 Å². The predicted octanol–water partition coefficient (Wildman–Crippen LogP) is 4.89. The molecule has 214 valence electrons. The number of hydrogen-bond donors (Lipinski definition) is 4. The first-order valence-corrected chi connectivity index (χ1v) is 15.0. The van der Waals surface area contributed by atoms with Crippen LogP contribution in [-0.4, -0.2) is 55.6 Å². The molecular formula is C27H40ClN7O3S. The number of piperidine rings is 1. The van der Waals surface area contributed by atoms with E-state index < -0.39 is 15.1 Å². The van der Waals surface area contributed by atoms with Crippen molar-refractivity contribution >= 4 is 45.1 Å². The molecule has 0 amide bonds. The van der Waals surface area contributed by atoms with E-state index in [1.54, 1.807) is 13.8 Å². The molecule has 0 aliphatic carbocycles. The number of halogens is 1. The lowest BCUT2D eigenvalue weighted by atomic mass is 9.84. The number of benzene rings is 1. The molecule has 0 radical (unpaired) electrons. The summed E-state index contributed by atoms with van der Waals surface area (Å²) in [5.74, 6) is 1.58. The van der Waals surface area contributed by atoms with Crippen LogP contribution in [-0.2, 0) is 9.84 Å². The summed E-state index contributed by atoms with van der Waals surface area (Å²) in [6, 6.07) is 4.63. The maximum Gasteiger partial charge on any atom is 0.229 e. The molecule has 5 N–H and O–H groups in total. The molecular weight excluding hydrogens is 538 g/mol. The Morgan fingerprint density at radius 2 is 2.03 bits per heavy atom. The maximum absolute atomic E-state index is 12.7. The first-order valence-electron chi connectivity index (χ1n) is 13.1. The third-order valence-electron chi connectivity index (χ3n) is 6.49. The number of allylic oxidation sites excluding steroid dienone is 1. The lowest BCUT2D eigenvalue weighted by Gasteiger charge is -2.30. The fourth-order valence-corrected chi connectivity index (χ4v) is 5.52. The van der Waals surface area contributed by atoms with E-state index in [-0.39, 0.29) is 33.6 Å². The van der Waals surface area contributed by atoms with Gasteiger partial charge in [0, 0.05) is 19.3 Å². The molecule has 0 spiro atoms. The van der Waals surface area contributed by atoms with Gasteiger partial charge in [-0.05, 0) is 90.1 Å².